The summed E-state index contributed by atoms with van der Waals surface area (Å²) in [5, 5.41) is 2.94. The fourth-order valence-corrected chi connectivity index (χ4v) is 4.84. The molecular formula is C16H18N2O3S. The summed E-state index contributed by atoms with van der Waals surface area (Å²) < 4.78 is 5.52. The number of carbonyl (C=O) groups is 2. The summed E-state index contributed by atoms with van der Waals surface area (Å²) in [6.07, 6.45) is 2.18. The number of amides is 2. The molecule has 1 aromatic carbocycles. The molecule has 3 atom stereocenters. The molecule has 3 aliphatic rings. The number of carbonyl (C=O) groups excluding carboxylic acids is 2. The second kappa shape index (κ2) is 5.59. The molecule has 2 saturated heterocycles. The Hall–Kier alpha value is -1.53. The van der Waals surface area contributed by atoms with Crippen molar-refractivity contribution in [1.29, 1.82) is 0 Å². The van der Waals surface area contributed by atoms with Gasteiger partial charge < -0.3 is 15.0 Å². The normalized spacial score (nSPS) is 29.5. The minimum absolute atomic E-state index is 0.0119. The lowest BCUT2D eigenvalue weighted by molar-refractivity contribution is -0.125. The van der Waals surface area contributed by atoms with Crippen molar-refractivity contribution in [3.8, 4) is 0 Å². The van der Waals surface area contributed by atoms with E-state index >= 15 is 0 Å². The fourth-order valence-electron chi connectivity index (χ4n) is 3.38. The van der Waals surface area contributed by atoms with E-state index < -0.39 is 0 Å². The first-order valence-electron chi connectivity index (χ1n) is 7.68. The van der Waals surface area contributed by atoms with Crippen LogP contribution >= 0.6 is 11.8 Å². The van der Waals surface area contributed by atoms with E-state index in [0.717, 1.165) is 30.6 Å². The summed E-state index contributed by atoms with van der Waals surface area (Å²) in [6.45, 7) is 1.32. The van der Waals surface area contributed by atoms with Gasteiger partial charge >= 0.3 is 0 Å². The van der Waals surface area contributed by atoms with E-state index in [9.17, 15) is 9.59 Å². The molecule has 5 nitrogen and oxygen atoms in total. The number of thioether (sulfide) groups is 1. The number of hydrogen-bond acceptors (Lipinski definition) is 4. The molecule has 0 bridgehead atoms. The van der Waals surface area contributed by atoms with Crippen LogP contribution in [-0.4, -0.2) is 47.8 Å². The van der Waals surface area contributed by atoms with Gasteiger partial charge in [0.15, 0.2) is 0 Å². The summed E-state index contributed by atoms with van der Waals surface area (Å²) in [5.41, 5.74) is 1.77. The molecule has 1 N–H and O–H groups in total. The van der Waals surface area contributed by atoms with Crippen LogP contribution in [0.3, 0.4) is 0 Å². The molecule has 3 aliphatic heterocycles. The number of benzene rings is 1. The number of ether oxygens (including phenoxy) is 1. The van der Waals surface area contributed by atoms with Crippen molar-refractivity contribution in [3.05, 3.63) is 35.4 Å². The molecule has 0 unspecified atom stereocenters. The largest absolute Gasteiger partial charge is 0.376 e. The third-order valence-electron chi connectivity index (χ3n) is 4.52. The summed E-state index contributed by atoms with van der Waals surface area (Å²) in [6, 6.07) is 7.27. The maximum Gasteiger partial charge on any atom is 0.256 e. The quantitative estimate of drug-likeness (QED) is 0.919. The second-order valence-corrected chi connectivity index (χ2v) is 6.99. The summed E-state index contributed by atoms with van der Waals surface area (Å²) in [7, 11) is 0. The van der Waals surface area contributed by atoms with Crippen LogP contribution in [0.4, 0.5) is 0 Å². The molecule has 2 fully saturated rings. The van der Waals surface area contributed by atoms with E-state index in [1.165, 1.54) is 0 Å². The molecule has 0 aliphatic carbocycles. The Morgan fingerprint density at radius 1 is 1.41 bits per heavy atom. The average Bonchev–Trinajstić information content (AvgIpc) is 3.25. The van der Waals surface area contributed by atoms with E-state index in [4.69, 9.17) is 4.74 Å². The van der Waals surface area contributed by atoms with Gasteiger partial charge in [0, 0.05) is 24.5 Å². The van der Waals surface area contributed by atoms with Crippen LogP contribution in [0.2, 0.25) is 0 Å². The first kappa shape index (κ1) is 14.1. The Bertz CT molecular complexity index is 615. The molecular weight excluding hydrogens is 300 g/mol. The van der Waals surface area contributed by atoms with Crippen molar-refractivity contribution in [2.75, 3.05) is 18.9 Å². The van der Waals surface area contributed by atoms with Gasteiger partial charge in [-0.25, -0.2) is 0 Å². The molecule has 116 valence electrons. The van der Waals surface area contributed by atoms with Gasteiger partial charge in [-0.05, 0) is 24.5 Å². The van der Waals surface area contributed by atoms with Gasteiger partial charge in [0.2, 0.25) is 5.91 Å². The first-order chi connectivity index (χ1) is 10.8. The van der Waals surface area contributed by atoms with Crippen molar-refractivity contribution >= 4 is 23.6 Å². The van der Waals surface area contributed by atoms with Crippen molar-refractivity contribution < 1.29 is 14.3 Å². The minimum Gasteiger partial charge on any atom is -0.376 e. The molecule has 4 rings (SSSR count). The van der Waals surface area contributed by atoms with Crippen LogP contribution < -0.4 is 5.32 Å². The van der Waals surface area contributed by atoms with Gasteiger partial charge in [-0.15, -0.1) is 11.8 Å². The Labute approximate surface area is 133 Å². The summed E-state index contributed by atoms with van der Waals surface area (Å²) in [5.74, 6) is 0.566. The van der Waals surface area contributed by atoms with E-state index in [2.05, 4.69) is 5.32 Å². The van der Waals surface area contributed by atoms with Gasteiger partial charge in [-0.3, -0.25) is 9.59 Å². The predicted molar refractivity (Wildman–Crippen MR) is 83.6 cm³/mol. The zero-order valence-electron chi connectivity index (χ0n) is 12.2. The zero-order valence-corrected chi connectivity index (χ0v) is 13.0. The fraction of sp³-hybridized carbons (Fsp3) is 0.500. The number of hydrogen-bond donors (Lipinski definition) is 1. The molecule has 22 heavy (non-hydrogen) atoms. The molecule has 3 heterocycles. The monoisotopic (exact) mass is 318 g/mol. The Kier molecular flexibility index (Phi) is 3.58. The Morgan fingerprint density at radius 2 is 2.27 bits per heavy atom. The molecule has 0 aromatic heterocycles. The van der Waals surface area contributed by atoms with Crippen molar-refractivity contribution in [2.45, 2.75) is 30.4 Å². The van der Waals surface area contributed by atoms with Crippen molar-refractivity contribution in [3.63, 3.8) is 0 Å². The number of fused-ring (bicyclic) bond motifs is 3. The highest BCUT2D eigenvalue weighted by molar-refractivity contribution is 7.99. The second-order valence-electron chi connectivity index (χ2n) is 5.88. The smallest absolute Gasteiger partial charge is 0.256 e. The highest BCUT2D eigenvalue weighted by atomic mass is 32.2. The van der Waals surface area contributed by atoms with Crippen LogP contribution in [0.1, 0.15) is 34.1 Å². The average molecular weight is 318 g/mol. The number of rotatable bonds is 3. The minimum atomic E-state index is -0.378. The van der Waals surface area contributed by atoms with Gasteiger partial charge in [0.05, 0.1) is 6.10 Å². The van der Waals surface area contributed by atoms with Gasteiger partial charge in [-0.1, -0.05) is 18.2 Å². The lowest BCUT2D eigenvalue weighted by atomic mass is 10.1. The van der Waals surface area contributed by atoms with Gasteiger partial charge in [-0.2, -0.15) is 0 Å². The maximum absolute atomic E-state index is 12.6. The van der Waals surface area contributed by atoms with Crippen molar-refractivity contribution in [2.24, 2.45) is 0 Å². The molecule has 1 aromatic rings. The standard InChI is InChI=1S/C16H18N2O3S/c19-14(17-8-10-4-3-7-21-10)13-9-22-16-12-6-2-1-5-11(12)15(20)18(13)16/h1-2,5-6,10,13,16H,3-4,7-9H2,(H,17,19)/t10-,13+,16-/m1/s1. The number of nitrogens with one attached hydrogen (secondary N) is 1. The van der Waals surface area contributed by atoms with E-state index in [0.29, 0.717) is 12.3 Å². The zero-order chi connectivity index (χ0) is 15.1. The Balaban J connectivity index is 1.46. The van der Waals surface area contributed by atoms with Crippen molar-refractivity contribution in [1.82, 2.24) is 10.2 Å². The third-order valence-corrected chi connectivity index (χ3v) is 5.83. The van der Waals surface area contributed by atoms with Crippen LogP contribution in [0.5, 0.6) is 0 Å². The van der Waals surface area contributed by atoms with Gasteiger partial charge in [0.25, 0.3) is 5.91 Å². The molecule has 2 amide bonds. The molecule has 6 heteroatoms. The van der Waals surface area contributed by atoms with E-state index in [1.807, 2.05) is 24.3 Å². The number of nitrogens with zero attached hydrogens (tertiary/aromatic N) is 1. The van der Waals surface area contributed by atoms with E-state index in [1.54, 1.807) is 16.7 Å². The Morgan fingerprint density at radius 3 is 3.09 bits per heavy atom. The molecule has 0 saturated carbocycles. The maximum atomic E-state index is 12.6. The van der Waals surface area contributed by atoms with Gasteiger partial charge in [0.1, 0.15) is 11.4 Å². The lowest BCUT2D eigenvalue weighted by Crippen LogP contribution is -2.47. The van der Waals surface area contributed by atoms with E-state index in [-0.39, 0.29) is 29.3 Å². The predicted octanol–water partition coefficient (Wildman–Crippen LogP) is 1.55. The van der Waals surface area contributed by atoms with Crippen LogP contribution in [0, 0.1) is 0 Å². The summed E-state index contributed by atoms with van der Waals surface area (Å²) >= 11 is 1.67. The SMILES string of the molecule is O=C(NC[C@H]1CCCO1)[C@@H]1CS[C@@H]2c3ccccc3C(=O)N21. The lowest BCUT2D eigenvalue weighted by Gasteiger charge is -2.23. The third kappa shape index (κ3) is 2.21. The van der Waals surface area contributed by atoms with Crippen LogP contribution in [0.15, 0.2) is 24.3 Å². The highest BCUT2D eigenvalue weighted by Gasteiger charge is 2.48. The highest BCUT2D eigenvalue weighted by Crippen LogP contribution is 2.47. The summed E-state index contributed by atoms with van der Waals surface area (Å²) in [4.78, 5) is 26.8. The van der Waals surface area contributed by atoms with Crippen LogP contribution in [0.25, 0.3) is 0 Å². The topological polar surface area (TPSA) is 58.6 Å². The molecule has 0 spiro atoms. The first-order valence-corrected chi connectivity index (χ1v) is 8.73. The molecule has 0 radical (unpaired) electrons. The van der Waals surface area contributed by atoms with Crippen LogP contribution in [-0.2, 0) is 9.53 Å².